The summed E-state index contributed by atoms with van der Waals surface area (Å²) in [5, 5.41) is 3.16. The average Bonchev–Trinajstić information content (AvgIpc) is 2.63. The summed E-state index contributed by atoms with van der Waals surface area (Å²) in [4.78, 5) is 4.74. The molecule has 102 valence electrons. The van der Waals surface area contributed by atoms with Gasteiger partial charge in [-0.05, 0) is 38.1 Å². The van der Waals surface area contributed by atoms with E-state index in [0.29, 0.717) is 0 Å². The molecule has 0 unspecified atom stereocenters. The highest BCUT2D eigenvalue weighted by atomic mass is 79.9. The molecule has 1 N–H and O–H groups in total. The topological polar surface area (TPSA) is 29.9 Å². The molecule has 0 saturated carbocycles. The maximum Gasteiger partial charge on any atom is 0.122 e. The van der Waals surface area contributed by atoms with Gasteiger partial charge < -0.3 is 9.88 Å². The highest BCUT2D eigenvalue weighted by Crippen LogP contribution is 2.20. The number of halogens is 1. The third-order valence-electron chi connectivity index (χ3n) is 3.50. The lowest BCUT2D eigenvalue weighted by atomic mass is 10.1. The normalized spacial score (nSPS) is 11.0. The zero-order chi connectivity index (χ0) is 14.0. The molecule has 0 atom stereocenters. The molecule has 2 rings (SSSR count). The molecule has 0 spiro atoms. The summed E-state index contributed by atoms with van der Waals surface area (Å²) in [5.74, 6) is 1.09. The Balaban J connectivity index is 2.27. The van der Waals surface area contributed by atoms with Gasteiger partial charge in [0, 0.05) is 23.6 Å². The molecule has 0 saturated heterocycles. The molecule has 4 heteroatoms. The molecule has 0 bridgehead atoms. The standard InChI is InChI=1S/C15H20BrN3/c1-10-7-12(5-6-13(10)16)8-14-11(2)19(4)15(18-14)9-17-3/h5-7,17H,8-9H2,1-4H3. The van der Waals surface area contributed by atoms with Crippen molar-refractivity contribution < 1.29 is 0 Å². The van der Waals surface area contributed by atoms with E-state index in [9.17, 15) is 0 Å². The number of imidazole rings is 1. The lowest BCUT2D eigenvalue weighted by Gasteiger charge is -2.04. The van der Waals surface area contributed by atoms with Crippen molar-refractivity contribution in [2.24, 2.45) is 7.05 Å². The van der Waals surface area contributed by atoms with Crippen LogP contribution in [0.15, 0.2) is 22.7 Å². The Morgan fingerprint density at radius 1 is 1.32 bits per heavy atom. The van der Waals surface area contributed by atoms with Gasteiger partial charge >= 0.3 is 0 Å². The third-order valence-corrected chi connectivity index (χ3v) is 4.39. The summed E-state index contributed by atoms with van der Waals surface area (Å²) in [6, 6.07) is 6.48. The fraction of sp³-hybridized carbons (Fsp3) is 0.400. The minimum absolute atomic E-state index is 0.802. The molecule has 3 nitrogen and oxygen atoms in total. The molecule has 1 aromatic heterocycles. The first-order valence-corrected chi connectivity index (χ1v) is 7.23. The van der Waals surface area contributed by atoms with Gasteiger partial charge in [-0.15, -0.1) is 0 Å². The summed E-state index contributed by atoms with van der Waals surface area (Å²) < 4.78 is 3.32. The maximum absolute atomic E-state index is 4.74. The van der Waals surface area contributed by atoms with Crippen molar-refractivity contribution >= 4 is 15.9 Å². The van der Waals surface area contributed by atoms with E-state index in [0.717, 1.165) is 29.0 Å². The molecular weight excluding hydrogens is 302 g/mol. The smallest absolute Gasteiger partial charge is 0.122 e. The second-order valence-electron chi connectivity index (χ2n) is 4.91. The fourth-order valence-electron chi connectivity index (χ4n) is 2.19. The van der Waals surface area contributed by atoms with Gasteiger partial charge in [-0.2, -0.15) is 0 Å². The zero-order valence-electron chi connectivity index (χ0n) is 11.9. The Kier molecular flexibility index (Phi) is 4.42. The molecule has 0 fully saturated rings. The van der Waals surface area contributed by atoms with Crippen molar-refractivity contribution in [3.8, 4) is 0 Å². The summed E-state index contributed by atoms with van der Waals surface area (Å²) in [6.07, 6.45) is 0.886. The van der Waals surface area contributed by atoms with E-state index in [-0.39, 0.29) is 0 Å². The van der Waals surface area contributed by atoms with Crippen molar-refractivity contribution in [3.63, 3.8) is 0 Å². The van der Waals surface area contributed by atoms with Crippen LogP contribution in [-0.4, -0.2) is 16.6 Å². The van der Waals surface area contributed by atoms with Crippen LogP contribution in [0.3, 0.4) is 0 Å². The summed E-state index contributed by atoms with van der Waals surface area (Å²) in [7, 11) is 4.02. The molecule has 2 aromatic rings. The number of aryl methyl sites for hydroxylation is 1. The molecule has 0 aliphatic carbocycles. The molecular formula is C15H20BrN3. The van der Waals surface area contributed by atoms with Crippen LogP contribution in [0.2, 0.25) is 0 Å². The Morgan fingerprint density at radius 3 is 2.68 bits per heavy atom. The number of nitrogens with zero attached hydrogens (tertiary/aromatic N) is 2. The first-order chi connectivity index (χ1) is 9.02. The second kappa shape index (κ2) is 5.88. The monoisotopic (exact) mass is 321 g/mol. The van der Waals surface area contributed by atoms with Crippen LogP contribution in [-0.2, 0) is 20.0 Å². The van der Waals surface area contributed by atoms with E-state index in [4.69, 9.17) is 4.98 Å². The Labute approximate surface area is 123 Å². The first kappa shape index (κ1) is 14.3. The van der Waals surface area contributed by atoms with Gasteiger partial charge in [-0.25, -0.2) is 4.98 Å². The van der Waals surface area contributed by atoms with Crippen molar-refractivity contribution in [3.05, 3.63) is 51.0 Å². The van der Waals surface area contributed by atoms with E-state index >= 15 is 0 Å². The van der Waals surface area contributed by atoms with Gasteiger partial charge in [0.2, 0.25) is 0 Å². The number of nitrogens with one attached hydrogen (secondary N) is 1. The Bertz CT molecular complexity index is 587. The van der Waals surface area contributed by atoms with Gasteiger partial charge in [0.25, 0.3) is 0 Å². The predicted molar refractivity (Wildman–Crippen MR) is 82.4 cm³/mol. The number of aromatic nitrogens is 2. The van der Waals surface area contributed by atoms with Crippen LogP contribution in [0.25, 0.3) is 0 Å². The quantitative estimate of drug-likeness (QED) is 0.937. The summed E-state index contributed by atoms with van der Waals surface area (Å²) in [5.41, 5.74) is 4.97. The minimum Gasteiger partial charge on any atom is -0.334 e. The molecule has 0 radical (unpaired) electrons. The Morgan fingerprint density at radius 2 is 2.05 bits per heavy atom. The van der Waals surface area contributed by atoms with Gasteiger partial charge in [0.1, 0.15) is 5.82 Å². The number of hydrogen-bond acceptors (Lipinski definition) is 2. The lowest BCUT2D eigenvalue weighted by molar-refractivity contribution is 0.700. The lowest BCUT2D eigenvalue weighted by Crippen LogP contribution is -2.10. The van der Waals surface area contributed by atoms with Crippen LogP contribution < -0.4 is 5.32 Å². The van der Waals surface area contributed by atoms with E-state index < -0.39 is 0 Å². The summed E-state index contributed by atoms with van der Waals surface area (Å²) in [6.45, 7) is 5.05. The van der Waals surface area contributed by atoms with Crippen molar-refractivity contribution in [2.45, 2.75) is 26.8 Å². The van der Waals surface area contributed by atoms with E-state index in [1.54, 1.807) is 0 Å². The van der Waals surface area contributed by atoms with Crippen LogP contribution >= 0.6 is 15.9 Å². The number of hydrogen-bond donors (Lipinski definition) is 1. The van der Waals surface area contributed by atoms with E-state index in [1.165, 1.54) is 16.8 Å². The molecule has 1 aromatic carbocycles. The first-order valence-electron chi connectivity index (χ1n) is 6.43. The van der Waals surface area contributed by atoms with Crippen LogP contribution in [0, 0.1) is 13.8 Å². The summed E-state index contributed by atoms with van der Waals surface area (Å²) >= 11 is 3.54. The van der Waals surface area contributed by atoms with Gasteiger partial charge in [-0.1, -0.05) is 28.1 Å². The fourth-order valence-corrected chi connectivity index (χ4v) is 2.44. The molecule has 0 aliphatic rings. The van der Waals surface area contributed by atoms with Crippen LogP contribution in [0.1, 0.15) is 28.3 Å². The SMILES string of the molecule is CNCc1nc(Cc2ccc(Br)c(C)c2)c(C)n1C. The van der Waals surface area contributed by atoms with E-state index in [1.807, 2.05) is 7.05 Å². The van der Waals surface area contributed by atoms with Gasteiger partial charge in [0.05, 0.1) is 12.2 Å². The number of benzene rings is 1. The minimum atomic E-state index is 0.802. The molecule has 0 amide bonds. The largest absolute Gasteiger partial charge is 0.334 e. The highest BCUT2D eigenvalue weighted by Gasteiger charge is 2.11. The average molecular weight is 322 g/mol. The van der Waals surface area contributed by atoms with E-state index in [2.05, 4.69) is 64.9 Å². The van der Waals surface area contributed by atoms with Crippen molar-refractivity contribution in [1.82, 2.24) is 14.9 Å². The van der Waals surface area contributed by atoms with Crippen LogP contribution in [0.5, 0.6) is 0 Å². The van der Waals surface area contributed by atoms with Gasteiger partial charge in [0.15, 0.2) is 0 Å². The molecule has 19 heavy (non-hydrogen) atoms. The number of rotatable bonds is 4. The molecule has 1 heterocycles. The van der Waals surface area contributed by atoms with Crippen molar-refractivity contribution in [2.75, 3.05) is 7.05 Å². The van der Waals surface area contributed by atoms with Crippen LogP contribution in [0.4, 0.5) is 0 Å². The zero-order valence-corrected chi connectivity index (χ0v) is 13.5. The predicted octanol–water partition coefficient (Wildman–Crippen LogP) is 3.11. The van der Waals surface area contributed by atoms with Crippen molar-refractivity contribution in [1.29, 1.82) is 0 Å². The van der Waals surface area contributed by atoms with Gasteiger partial charge in [-0.3, -0.25) is 0 Å². The maximum atomic E-state index is 4.74. The Hall–Kier alpha value is -1.13. The highest BCUT2D eigenvalue weighted by molar-refractivity contribution is 9.10. The molecule has 0 aliphatic heterocycles. The third kappa shape index (κ3) is 3.07. The second-order valence-corrected chi connectivity index (χ2v) is 5.76.